The van der Waals surface area contributed by atoms with Gasteiger partial charge in [-0.15, -0.1) is 11.8 Å². The maximum Gasteiger partial charge on any atom is 0.330 e. The number of aliphatic hydroxyl groups excluding tert-OH is 1. The Morgan fingerprint density at radius 3 is 2.46 bits per heavy atom. The van der Waals surface area contributed by atoms with Crippen LogP contribution >= 0.6 is 11.8 Å². The summed E-state index contributed by atoms with van der Waals surface area (Å²) < 4.78 is 12.0. The molecule has 0 spiro atoms. The van der Waals surface area contributed by atoms with Crippen molar-refractivity contribution in [1.82, 2.24) is 25.1 Å². The number of H-pyrrole nitrogens is 1. The van der Waals surface area contributed by atoms with Crippen molar-refractivity contribution < 1.29 is 33.8 Å². The van der Waals surface area contributed by atoms with E-state index < -0.39 is 81.3 Å². The van der Waals surface area contributed by atoms with Crippen LogP contribution in [0, 0.1) is 12.3 Å². The molecule has 4 rings (SSSR count). The number of nitrogens with zero attached hydrogens (tertiary/aromatic N) is 5. The van der Waals surface area contributed by atoms with Gasteiger partial charge < -0.3 is 30.1 Å². The number of esters is 1. The Hall–Kier alpha value is -4.64. The molecule has 2 saturated heterocycles. The number of thioether (sulfide) groups is 1. The second-order valence-electron chi connectivity index (χ2n) is 15.9. The molecule has 1 aromatic carbocycles. The Bertz CT molecular complexity index is 1880. The molecule has 0 saturated carbocycles. The van der Waals surface area contributed by atoms with Gasteiger partial charge >= 0.3 is 11.7 Å². The van der Waals surface area contributed by atoms with Gasteiger partial charge in [-0.2, -0.15) is 0 Å². The fourth-order valence-electron chi connectivity index (χ4n) is 6.41. The molecule has 0 radical (unpaired) electrons. The number of benzene rings is 1. The molecule has 2 aromatic rings. The van der Waals surface area contributed by atoms with Crippen LogP contribution in [0.1, 0.15) is 78.7 Å². The van der Waals surface area contributed by atoms with Crippen LogP contribution in [0.3, 0.4) is 0 Å². The van der Waals surface area contributed by atoms with Crippen molar-refractivity contribution in [2.45, 2.75) is 121 Å². The van der Waals surface area contributed by atoms with Crippen LogP contribution in [0.25, 0.3) is 10.4 Å². The largest absolute Gasteiger partial charge is 0.462 e. The standard InChI is InChI=1S/C36H50N8O9S/c1-20-17-43(33(51)39-29(20)47)26-15-22(41-42-37)24(53-26)18-52-32(50)35(5,6)16-25(45)38-23(14-21-12-10-9-11-13-21)27(46)31(49)44-19-54-36(7,8)28(44)30(48)40-34(2,3)4/h9-13,17,22-24,26-28,46H,14-16,18-19H2,1-8H3,(H,38,45)(H,40,48)(H,39,47,51)/t22?,23-,24?,26?,27-,28-/m1/s1. The van der Waals surface area contributed by atoms with Gasteiger partial charge in [-0.1, -0.05) is 35.4 Å². The van der Waals surface area contributed by atoms with Gasteiger partial charge in [0.25, 0.3) is 11.5 Å². The Labute approximate surface area is 317 Å². The molecule has 54 heavy (non-hydrogen) atoms. The first-order valence-electron chi connectivity index (χ1n) is 17.6. The van der Waals surface area contributed by atoms with Crippen molar-refractivity contribution in [2.75, 3.05) is 12.5 Å². The number of aryl methyl sites for hydroxylation is 1. The molecule has 3 heterocycles. The van der Waals surface area contributed by atoms with Gasteiger partial charge in [0.05, 0.1) is 23.4 Å². The van der Waals surface area contributed by atoms with Crippen molar-refractivity contribution >= 4 is 35.5 Å². The van der Waals surface area contributed by atoms with Crippen molar-refractivity contribution in [3.8, 4) is 0 Å². The van der Waals surface area contributed by atoms with E-state index in [1.807, 2.05) is 40.7 Å². The third-order valence-corrected chi connectivity index (χ3v) is 10.6. The molecule has 0 bridgehead atoms. The lowest BCUT2D eigenvalue weighted by Crippen LogP contribution is -2.60. The monoisotopic (exact) mass is 770 g/mol. The third-order valence-electron chi connectivity index (χ3n) is 9.25. The van der Waals surface area contributed by atoms with Crippen LogP contribution in [0.5, 0.6) is 0 Å². The Balaban J connectivity index is 1.45. The predicted octanol–water partition coefficient (Wildman–Crippen LogP) is 2.45. The average molecular weight is 771 g/mol. The van der Waals surface area contributed by atoms with E-state index in [-0.39, 0.29) is 43.2 Å². The first kappa shape index (κ1) is 42.1. The Morgan fingerprint density at radius 1 is 1.17 bits per heavy atom. The summed E-state index contributed by atoms with van der Waals surface area (Å²) in [5, 5.41) is 21.0. The molecule has 17 nitrogen and oxygen atoms in total. The minimum Gasteiger partial charge on any atom is -0.462 e. The number of aliphatic hydroxyl groups is 1. The second kappa shape index (κ2) is 16.8. The molecule has 294 valence electrons. The highest BCUT2D eigenvalue weighted by molar-refractivity contribution is 8.00. The maximum atomic E-state index is 13.9. The van der Waals surface area contributed by atoms with Gasteiger partial charge in [0, 0.05) is 39.8 Å². The lowest BCUT2D eigenvalue weighted by atomic mass is 9.88. The van der Waals surface area contributed by atoms with Crippen LogP contribution in [-0.2, 0) is 35.1 Å². The summed E-state index contributed by atoms with van der Waals surface area (Å²) in [6, 6.07) is 6.16. The molecule has 3 amide bonds. The lowest BCUT2D eigenvalue weighted by molar-refractivity contribution is -0.161. The quantitative estimate of drug-likeness (QED) is 0.100. The molecule has 2 aliphatic rings. The zero-order valence-electron chi connectivity index (χ0n) is 31.8. The number of hydrogen-bond donors (Lipinski definition) is 4. The van der Waals surface area contributed by atoms with E-state index in [0.717, 1.165) is 5.56 Å². The van der Waals surface area contributed by atoms with Gasteiger partial charge in [-0.05, 0) is 72.9 Å². The van der Waals surface area contributed by atoms with Crippen molar-refractivity contribution in [2.24, 2.45) is 10.5 Å². The highest BCUT2D eigenvalue weighted by Crippen LogP contribution is 2.40. The van der Waals surface area contributed by atoms with E-state index in [1.54, 1.807) is 24.3 Å². The number of carbonyl (C=O) groups is 4. The Morgan fingerprint density at radius 2 is 1.83 bits per heavy atom. The van der Waals surface area contributed by atoms with Crippen molar-refractivity contribution in [3.05, 3.63) is 78.9 Å². The first-order valence-corrected chi connectivity index (χ1v) is 18.6. The van der Waals surface area contributed by atoms with Crippen LogP contribution in [-0.4, -0.2) is 96.4 Å². The number of aromatic nitrogens is 2. The predicted molar refractivity (Wildman–Crippen MR) is 200 cm³/mol. The van der Waals surface area contributed by atoms with Gasteiger partial charge in [0.1, 0.15) is 25.0 Å². The number of ether oxygens (including phenoxy) is 2. The number of nitrogens with one attached hydrogen (secondary N) is 3. The molecule has 4 N–H and O–H groups in total. The summed E-state index contributed by atoms with van der Waals surface area (Å²) in [5.41, 5.74) is 6.89. The molecule has 0 aliphatic carbocycles. The maximum absolute atomic E-state index is 13.9. The first-order chi connectivity index (χ1) is 25.1. The van der Waals surface area contributed by atoms with E-state index in [1.165, 1.54) is 48.2 Å². The SMILES string of the molecule is Cc1cn(C2CC(N=[N+]=[N-])C(COC(=O)C(C)(C)CC(=O)N[C@H](Cc3ccccc3)[C@@H](O)C(=O)N3CSC(C)(C)[C@H]3C(=O)NC(C)(C)C)O2)c(=O)[nH]c1=O. The molecule has 3 unspecified atom stereocenters. The smallest absolute Gasteiger partial charge is 0.330 e. The molecular weight excluding hydrogens is 721 g/mol. The number of hydrogen-bond acceptors (Lipinski definition) is 11. The zero-order valence-corrected chi connectivity index (χ0v) is 32.6. The summed E-state index contributed by atoms with van der Waals surface area (Å²) in [6.07, 6.45) is -2.48. The number of rotatable bonds is 13. The lowest BCUT2D eigenvalue weighted by Gasteiger charge is -2.35. The van der Waals surface area contributed by atoms with E-state index in [9.17, 15) is 33.9 Å². The summed E-state index contributed by atoms with van der Waals surface area (Å²) in [5.74, 6) is -2.33. The highest BCUT2D eigenvalue weighted by Gasteiger charge is 2.50. The molecular formula is C36H50N8O9S. The highest BCUT2D eigenvalue weighted by atomic mass is 32.2. The molecule has 6 atom stereocenters. The molecule has 18 heteroatoms. The Kier molecular flexibility index (Phi) is 13.1. The number of aromatic amines is 1. The van der Waals surface area contributed by atoms with Gasteiger partial charge in [0.15, 0.2) is 6.10 Å². The topological polar surface area (TPSA) is 238 Å². The second-order valence-corrected chi connectivity index (χ2v) is 17.5. The average Bonchev–Trinajstić information content (AvgIpc) is 3.62. The molecule has 1 aromatic heterocycles. The van der Waals surface area contributed by atoms with E-state index in [4.69, 9.17) is 15.0 Å². The fraction of sp³-hybridized carbons (Fsp3) is 0.611. The van der Waals surface area contributed by atoms with Crippen LogP contribution in [0.4, 0.5) is 0 Å². The van der Waals surface area contributed by atoms with Crippen LogP contribution in [0.2, 0.25) is 0 Å². The third kappa shape index (κ3) is 10.3. The molecule has 2 fully saturated rings. The minimum absolute atomic E-state index is 0.0724. The number of carbonyl (C=O) groups excluding carboxylic acids is 4. The van der Waals surface area contributed by atoms with Gasteiger partial charge in [-0.25, -0.2) is 4.79 Å². The van der Waals surface area contributed by atoms with Crippen molar-refractivity contribution in [3.63, 3.8) is 0 Å². The summed E-state index contributed by atoms with van der Waals surface area (Å²) in [6.45, 7) is 13.4. The van der Waals surface area contributed by atoms with Crippen LogP contribution in [0.15, 0.2) is 51.2 Å². The number of amides is 3. The zero-order chi connectivity index (χ0) is 40.2. The minimum atomic E-state index is -1.73. The van der Waals surface area contributed by atoms with E-state index in [0.29, 0.717) is 0 Å². The summed E-state index contributed by atoms with van der Waals surface area (Å²) in [7, 11) is 0. The number of azide groups is 1. The van der Waals surface area contributed by atoms with E-state index >= 15 is 0 Å². The normalized spacial score (nSPS) is 22.1. The summed E-state index contributed by atoms with van der Waals surface area (Å²) >= 11 is 1.41. The molecule has 2 aliphatic heterocycles. The van der Waals surface area contributed by atoms with Crippen LogP contribution < -0.4 is 21.9 Å². The van der Waals surface area contributed by atoms with Gasteiger partial charge in [-0.3, -0.25) is 33.5 Å². The van der Waals surface area contributed by atoms with Gasteiger partial charge in [0.2, 0.25) is 11.8 Å². The summed E-state index contributed by atoms with van der Waals surface area (Å²) in [4.78, 5) is 84.9. The van der Waals surface area contributed by atoms with E-state index in [2.05, 4.69) is 25.6 Å². The van der Waals surface area contributed by atoms with Crippen molar-refractivity contribution in [1.29, 1.82) is 0 Å². The fourth-order valence-corrected chi connectivity index (χ4v) is 7.55.